The zero-order chi connectivity index (χ0) is 16.5. The van der Waals surface area contributed by atoms with E-state index in [-0.39, 0.29) is 24.6 Å². The summed E-state index contributed by atoms with van der Waals surface area (Å²) >= 11 is 1.65. The lowest BCUT2D eigenvalue weighted by molar-refractivity contribution is -0.123. The Labute approximate surface area is 144 Å². The highest BCUT2D eigenvalue weighted by molar-refractivity contribution is 7.10. The van der Waals surface area contributed by atoms with E-state index in [2.05, 4.69) is 10.3 Å². The molecule has 0 bridgehead atoms. The van der Waals surface area contributed by atoms with Gasteiger partial charge in [-0.05, 0) is 42.3 Å². The van der Waals surface area contributed by atoms with Gasteiger partial charge in [-0.1, -0.05) is 18.2 Å². The van der Waals surface area contributed by atoms with Gasteiger partial charge in [-0.25, -0.2) is 4.98 Å². The quantitative estimate of drug-likeness (QED) is 0.750. The van der Waals surface area contributed by atoms with Crippen LogP contribution >= 0.6 is 11.3 Å². The summed E-state index contributed by atoms with van der Waals surface area (Å²) in [6.07, 6.45) is 2.97. The Morgan fingerprint density at radius 1 is 1.33 bits per heavy atom. The topological polar surface area (TPSA) is 67.2 Å². The fourth-order valence-electron chi connectivity index (χ4n) is 3.30. The Morgan fingerprint density at radius 3 is 2.92 bits per heavy atom. The van der Waals surface area contributed by atoms with Crippen molar-refractivity contribution >= 4 is 28.3 Å². The first-order chi connectivity index (χ1) is 11.7. The summed E-state index contributed by atoms with van der Waals surface area (Å²) in [6.45, 7) is 0.248. The highest BCUT2D eigenvalue weighted by Crippen LogP contribution is 2.39. The molecule has 2 aromatic heterocycles. The van der Waals surface area contributed by atoms with Gasteiger partial charge in [0.05, 0.1) is 29.5 Å². The fraction of sp³-hybridized carbons (Fsp3) is 0.333. The van der Waals surface area contributed by atoms with E-state index < -0.39 is 0 Å². The number of aromatic nitrogens is 2. The van der Waals surface area contributed by atoms with E-state index in [1.807, 2.05) is 46.3 Å². The van der Waals surface area contributed by atoms with Crippen LogP contribution in [0.15, 0.2) is 48.1 Å². The number of hydrogen-bond acceptors (Lipinski definition) is 4. The van der Waals surface area contributed by atoms with Gasteiger partial charge in [0.15, 0.2) is 0 Å². The maximum absolute atomic E-state index is 12.6. The fourth-order valence-corrected chi connectivity index (χ4v) is 4.17. The Bertz CT molecular complexity index is 837. The molecule has 5 nitrogen and oxygen atoms in total. The zero-order valence-electron chi connectivity index (χ0n) is 13.1. The van der Waals surface area contributed by atoms with E-state index >= 15 is 0 Å². The largest absolute Gasteiger partial charge is 0.393 e. The Hall–Kier alpha value is -2.18. The molecule has 2 N–H and O–H groups in total. The van der Waals surface area contributed by atoms with Gasteiger partial charge in [0.1, 0.15) is 6.54 Å². The van der Waals surface area contributed by atoms with Crippen molar-refractivity contribution in [1.29, 1.82) is 0 Å². The lowest BCUT2D eigenvalue weighted by Crippen LogP contribution is -2.42. The molecule has 1 aromatic carbocycles. The molecular weight excluding hydrogens is 322 g/mol. The van der Waals surface area contributed by atoms with Crippen LogP contribution in [-0.4, -0.2) is 26.7 Å². The predicted molar refractivity (Wildman–Crippen MR) is 93.7 cm³/mol. The Morgan fingerprint density at radius 2 is 2.17 bits per heavy atom. The molecule has 0 aliphatic heterocycles. The van der Waals surface area contributed by atoms with Gasteiger partial charge < -0.3 is 15.0 Å². The average molecular weight is 341 g/mol. The number of para-hydroxylation sites is 2. The van der Waals surface area contributed by atoms with E-state index in [9.17, 15) is 9.90 Å². The average Bonchev–Trinajstić information content (AvgIpc) is 3.20. The molecule has 24 heavy (non-hydrogen) atoms. The van der Waals surface area contributed by atoms with Crippen molar-refractivity contribution in [1.82, 2.24) is 14.9 Å². The summed E-state index contributed by atoms with van der Waals surface area (Å²) in [5.41, 5.74) is 1.85. The molecule has 1 atom stereocenters. The van der Waals surface area contributed by atoms with E-state index in [0.717, 1.165) is 28.8 Å². The highest BCUT2D eigenvalue weighted by atomic mass is 32.1. The van der Waals surface area contributed by atoms with Crippen LogP contribution in [0.2, 0.25) is 0 Å². The summed E-state index contributed by atoms with van der Waals surface area (Å²) in [5.74, 6) is 0.278. The van der Waals surface area contributed by atoms with Gasteiger partial charge in [-0.2, -0.15) is 0 Å². The normalized spacial score (nSPS) is 21.4. The summed E-state index contributed by atoms with van der Waals surface area (Å²) in [7, 11) is 0. The number of aliphatic hydroxyl groups is 1. The Kier molecular flexibility index (Phi) is 4.08. The first kappa shape index (κ1) is 15.4. The van der Waals surface area contributed by atoms with E-state index in [1.54, 1.807) is 17.7 Å². The lowest BCUT2D eigenvalue weighted by atomic mass is 9.77. The summed E-state index contributed by atoms with van der Waals surface area (Å²) < 4.78 is 1.87. The number of nitrogens with one attached hydrogen (secondary N) is 1. The first-order valence-electron chi connectivity index (χ1n) is 8.11. The monoisotopic (exact) mass is 341 g/mol. The van der Waals surface area contributed by atoms with Crippen molar-refractivity contribution in [3.63, 3.8) is 0 Å². The molecule has 3 aromatic rings. The van der Waals surface area contributed by atoms with Gasteiger partial charge in [-0.15, -0.1) is 11.3 Å². The summed E-state index contributed by atoms with van der Waals surface area (Å²) in [5, 5.41) is 14.8. The van der Waals surface area contributed by atoms with Gasteiger partial charge >= 0.3 is 0 Å². The third-order valence-corrected chi connectivity index (χ3v) is 5.58. The number of carbonyl (C=O) groups excluding carboxylic acids is 1. The van der Waals surface area contributed by atoms with Gasteiger partial charge in [0.2, 0.25) is 5.91 Å². The molecular formula is C18H19N3O2S. The second kappa shape index (κ2) is 6.37. The van der Waals surface area contributed by atoms with E-state index in [1.165, 1.54) is 0 Å². The number of rotatable bonds is 5. The predicted octanol–water partition coefficient (Wildman–Crippen LogP) is 2.73. The molecule has 1 unspecified atom stereocenters. The minimum absolute atomic E-state index is 0.0179. The van der Waals surface area contributed by atoms with Crippen LogP contribution in [0, 0.1) is 5.92 Å². The van der Waals surface area contributed by atoms with Crippen molar-refractivity contribution in [3.05, 3.63) is 53.0 Å². The van der Waals surface area contributed by atoms with Crippen LogP contribution in [0.1, 0.15) is 23.8 Å². The number of fused-ring (bicyclic) bond motifs is 1. The molecule has 0 saturated heterocycles. The third kappa shape index (κ3) is 2.95. The summed E-state index contributed by atoms with van der Waals surface area (Å²) in [6, 6.07) is 11.8. The van der Waals surface area contributed by atoms with Crippen LogP contribution < -0.4 is 5.32 Å². The number of amides is 1. The molecule has 1 aliphatic rings. The number of aliphatic hydroxyl groups excluding tert-OH is 1. The molecule has 2 heterocycles. The minimum atomic E-state index is -0.230. The highest BCUT2D eigenvalue weighted by Gasteiger charge is 2.36. The number of hydrogen-bond donors (Lipinski definition) is 2. The van der Waals surface area contributed by atoms with Gasteiger partial charge in [-0.3, -0.25) is 4.79 Å². The standard InChI is InChI=1S/C18H19N3O2S/c22-13-8-12(9-13)18(16-6-3-7-24-16)20-17(23)10-21-11-19-14-4-1-2-5-15(14)21/h1-7,11-13,18,22H,8-10H2,(H,20,23). The Balaban J connectivity index is 1.49. The van der Waals surface area contributed by atoms with Crippen LogP contribution in [0.25, 0.3) is 11.0 Å². The van der Waals surface area contributed by atoms with Crippen molar-refractivity contribution < 1.29 is 9.90 Å². The maximum atomic E-state index is 12.6. The first-order valence-corrected chi connectivity index (χ1v) is 8.99. The zero-order valence-corrected chi connectivity index (χ0v) is 13.9. The van der Waals surface area contributed by atoms with E-state index in [4.69, 9.17) is 0 Å². The molecule has 1 saturated carbocycles. The number of imidazole rings is 1. The van der Waals surface area contributed by atoms with Crippen LogP contribution in [0.3, 0.4) is 0 Å². The number of carbonyl (C=O) groups is 1. The molecule has 0 radical (unpaired) electrons. The maximum Gasteiger partial charge on any atom is 0.240 e. The number of thiophene rings is 1. The smallest absolute Gasteiger partial charge is 0.240 e. The second-order valence-electron chi connectivity index (χ2n) is 6.31. The molecule has 4 rings (SSSR count). The third-order valence-electron chi connectivity index (χ3n) is 4.63. The second-order valence-corrected chi connectivity index (χ2v) is 7.29. The van der Waals surface area contributed by atoms with Crippen molar-refractivity contribution in [2.75, 3.05) is 0 Å². The summed E-state index contributed by atoms with van der Waals surface area (Å²) in [4.78, 5) is 18.0. The molecule has 6 heteroatoms. The molecule has 1 aliphatic carbocycles. The molecule has 0 spiro atoms. The van der Waals surface area contributed by atoms with Crippen molar-refractivity contribution in [2.24, 2.45) is 5.92 Å². The molecule has 124 valence electrons. The van der Waals surface area contributed by atoms with Crippen molar-refractivity contribution in [2.45, 2.75) is 31.5 Å². The molecule has 1 amide bonds. The van der Waals surface area contributed by atoms with Crippen LogP contribution in [-0.2, 0) is 11.3 Å². The SMILES string of the molecule is O=C(Cn1cnc2ccccc21)NC(c1cccs1)C1CC(O)C1. The lowest BCUT2D eigenvalue weighted by Gasteiger charge is -2.37. The minimum Gasteiger partial charge on any atom is -0.393 e. The van der Waals surface area contributed by atoms with Crippen molar-refractivity contribution in [3.8, 4) is 0 Å². The van der Waals surface area contributed by atoms with Crippen LogP contribution in [0.5, 0.6) is 0 Å². The number of nitrogens with zero attached hydrogens (tertiary/aromatic N) is 2. The van der Waals surface area contributed by atoms with Crippen LogP contribution in [0.4, 0.5) is 0 Å². The van der Waals surface area contributed by atoms with E-state index in [0.29, 0.717) is 5.92 Å². The van der Waals surface area contributed by atoms with Gasteiger partial charge in [0, 0.05) is 4.88 Å². The van der Waals surface area contributed by atoms with Gasteiger partial charge in [0.25, 0.3) is 0 Å². The number of benzene rings is 1. The molecule has 1 fully saturated rings.